The third kappa shape index (κ3) is 2.69. The van der Waals surface area contributed by atoms with Gasteiger partial charge in [-0.15, -0.1) is 0 Å². The van der Waals surface area contributed by atoms with Crippen LogP contribution in [0.2, 0.25) is 0 Å². The number of sulfonamides is 1. The van der Waals surface area contributed by atoms with Crippen molar-refractivity contribution in [2.45, 2.75) is 11.8 Å². The molecule has 1 aliphatic heterocycles. The summed E-state index contributed by atoms with van der Waals surface area (Å²) < 4.78 is 26.5. The summed E-state index contributed by atoms with van der Waals surface area (Å²) in [5.74, 6) is -0.852. The molecule has 1 aliphatic rings. The van der Waals surface area contributed by atoms with Crippen LogP contribution in [0.25, 0.3) is 10.8 Å². The zero-order chi connectivity index (χ0) is 17.3. The Morgan fingerprint density at radius 3 is 2.46 bits per heavy atom. The van der Waals surface area contributed by atoms with Gasteiger partial charge >= 0.3 is 0 Å². The molecule has 3 rings (SSSR count). The van der Waals surface area contributed by atoms with Gasteiger partial charge in [-0.05, 0) is 24.4 Å². The molecule has 0 unspecified atom stereocenters. The molecule has 2 amide bonds. The van der Waals surface area contributed by atoms with E-state index in [1.807, 2.05) is 12.1 Å². The van der Waals surface area contributed by atoms with Crippen LogP contribution in [0.4, 0.5) is 5.69 Å². The van der Waals surface area contributed by atoms with Crippen molar-refractivity contribution in [3.05, 3.63) is 36.4 Å². The Hall–Kier alpha value is -2.61. The molecule has 0 bridgehead atoms. The molecule has 0 spiro atoms. The van der Waals surface area contributed by atoms with Crippen molar-refractivity contribution in [3.8, 4) is 0 Å². The third-order valence-corrected chi connectivity index (χ3v) is 5.59. The van der Waals surface area contributed by atoms with E-state index in [1.54, 1.807) is 25.1 Å². The van der Waals surface area contributed by atoms with Gasteiger partial charge in [0.15, 0.2) is 0 Å². The van der Waals surface area contributed by atoms with Gasteiger partial charge in [-0.2, -0.15) is 0 Å². The second-order valence-corrected chi connectivity index (χ2v) is 7.20. The number of nitrogens with one attached hydrogen (secondary N) is 2. The molecule has 24 heavy (non-hydrogen) atoms. The Morgan fingerprint density at radius 2 is 1.75 bits per heavy atom. The standard InChI is InChI=1S/C16H17N3O4S/c1-2-17-14(20)9-18-15(21)10-19-12-7-3-5-11-6-4-8-13(16(11)12)24(19,22)23/h3-8H,2,9-10H2,1H3,(H,17,20)(H,18,21). The van der Waals surface area contributed by atoms with E-state index in [-0.39, 0.29) is 23.9 Å². The molecule has 0 radical (unpaired) electrons. The minimum Gasteiger partial charge on any atom is -0.355 e. The van der Waals surface area contributed by atoms with Crippen molar-refractivity contribution in [2.24, 2.45) is 0 Å². The van der Waals surface area contributed by atoms with Gasteiger partial charge < -0.3 is 10.6 Å². The van der Waals surface area contributed by atoms with Crippen LogP contribution in [-0.2, 0) is 19.6 Å². The first-order chi connectivity index (χ1) is 11.4. The van der Waals surface area contributed by atoms with Gasteiger partial charge in [0.25, 0.3) is 10.0 Å². The maximum Gasteiger partial charge on any atom is 0.265 e. The van der Waals surface area contributed by atoms with Gasteiger partial charge in [0.05, 0.1) is 17.1 Å². The van der Waals surface area contributed by atoms with Gasteiger partial charge in [-0.25, -0.2) is 8.42 Å². The lowest BCUT2D eigenvalue weighted by atomic mass is 10.1. The lowest BCUT2D eigenvalue weighted by Gasteiger charge is -2.18. The molecule has 2 aromatic rings. The fourth-order valence-corrected chi connectivity index (χ4v) is 4.42. The fourth-order valence-electron chi connectivity index (χ4n) is 2.75. The maximum absolute atomic E-state index is 12.7. The summed E-state index contributed by atoms with van der Waals surface area (Å²) in [5, 5.41) is 6.42. The molecule has 0 saturated carbocycles. The summed E-state index contributed by atoms with van der Waals surface area (Å²) in [4.78, 5) is 23.7. The highest BCUT2D eigenvalue weighted by atomic mass is 32.2. The van der Waals surface area contributed by atoms with Gasteiger partial charge in [0.2, 0.25) is 11.8 Å². The summed E-state index contributed by atoms with van der Waals surface area (Å²) in [6, 6.07) is 10.3. The topological polar surface area (TPSA) is 95.6 Å². The largest absolute Gasteiger partial charge is 0.355 e. The molecule has 2 N–H and O–H groups in total. The Kier molecular flexibility index (Phi) is 4.15. The number of likely N-dealkylation sites (N-methyl/N-ethyl adjacent to an activating group) is 1. The number of hydrogen-bond donors (Lipinski definition) is 2. The normalized spacial score (nSPS) is 14.6. The minimum atomic E-state index is -3.77. The summed E-state index contributed by atoms with van der Waals surface area (Å²) in [5.41, 5.74) is 0.483. The number of benzene rings is 2. The highest BCUT2D eigenvalue weighted by molar-refractivity contribution is 7.93. The van der Waals surface area contributed by atoms with E-state index >= 15 is 0 Å². The van der Waals surface area contributed by atoms with Crippen LogP contribution in [0.15, 0.2) is 41.3 Å². The second kappa shape index (κ2) is 6.12. The zero-order valence-corrected chi connectivity index (χ0v) is 13.9. The molecular formula is C16H17N3O4S. The molecule has 7 nitrogen and oxygen atoms in total. The molecule has 2 aromatic carbocycles. The summed E-state index contributed by atoms with van der Waals surface area (Å²) in [6.07, 6.45) is 0. The number of amides is 2. The number of carbonyl (C=O) groups excluding carboxylic acids is 2. The summed E-state index contributed by atoms with van der Waals surface area (Å²) in [7, 11) is -3.77. The second-order valence-electron chi connectivity index (χ2n) is 5.37. The Morgan fingerprint density at radius 1 is 1.04 bits per heavy atom. The molecule has 0 atom stereocenters. The van der Waals surface area contributed by atoms with Crippen LogP contribution < -0.4 is 14.9 Å². The average molecular weight is 347 g/mol. The van der Waals surface area contributed by atoms with E-state index in [9.17, 15) is 18.0 Å². The van der Waals surface area contributed by atoms with E-state index in [2.05, 4.69) is 10.6 Å². The molecule has 0 aromatic heterocycles. The molecule has 0 saturated heterocycles. The first kappa shape index (κ1) is 16.3. The predicted molar refractivity (Wildman–Crippen MR) is 90.2 cm³/mol. The van der Waals surface area contributed by atoms with Crippen molar-refractivity contribution in [1.29, 1.82) is 0 Å². The molecule has 8 heteroatoms. The van der Waals surface area contributed by atoms with Gasteiger partial charge in [-0.1, -0.05) is 24.3 Å². The van der Waals surface area contributed by atoms with E-state index < -0.39 is 15.9 Å². The lowest BCUT2D eigenvalue weighted by Crippen LogP contribution is -2.43. The van der Waals surface area contributed by atoms with Crippen LogP contribution in [-0.4, -0.2) is 39.9 Å². The lowest BCUT2D eigenvalue weighted by molar-refractivity contribution is -0.125. The van der Waals surface area contributed by atoms with Crippen LogP contribution >= 0.6 is 0 Å². The van der Waals surface area contributed by atoms with Crippen LogP contribution in [0.1, 0.15) is 6.92 Å². The zero-order valence-electron chi connectivity index (χ0n) is 13.1. The highest BCUT2D eigenvalue weighted by Gasteiger charge is 2.36. The van der Waals surface area contributed by atoms with Crippen molar-refractivity contribution in [3.63, 3.8) is 0 Å². The summed E-state index contributed by atoms with van der Waals surface area (Å²) in [6.45, 7) is 1.69. The molecule has 0 fully saturated rings. The van der Waals surface area contributed by atoms with Crippen molar-refractivity contribution in [2.75, 3.05) is 23.9 Å². The first-order valence-corrected chi connectivity index (χ1v) is 8.97. The van der Waals surface area contributed by atoms with Crippen molar-refractivity contribution in [1.82, 2.24) is 10.6 Å². The highest BCUT2D eigenvalue weighted by Crippen LogP contribution is 2.41. The Labute approximate surface area is 139 Å². The number of nitrogens with zero attached hydrogens (tertiary/aromatic N) is 1. The van der Waals surface area contributed by atoms with Crippen molar-refractivity contribution < 1.29 is 18.0 Å². The monoisotopic (exact) mass is 347 g/mol. The van der Waals surface area contributed by atoms with E-state index in [0.29, 0.717) is 17.6 Å². The predicted octanol–water partition coefficient (Wildman–Crippen LogP) is 0.601. The first-order valence-electron chi connectivity index (χ1n) is 7.53. The maximum atomic E-state index is 12.7. The molecule has 126 valence electrons. The minimum absolute atomic E-state index is 0.183. The van der Waals surface area contributed by atoms with E-state index in [0.717, 1.165) is 9.69 Å². The number of rotatable bonds is 5. The average Bonchev–Trinajstić information content (AvgIpc) is 2.77. The molecule has 1 heterocycles. The number of hydrogen-bond acceptors (Lipinski definition) is 4. The Bertz CT molecular complexity index is 919. The SMILES string of the molecule is CCNC(=O)CNC(=O)CN1c2cccc3cccc(c23)S1(=O)=O. The van der Waals surface area contributed by atoms with Crippen LogP contribution in [0, 0.1) is 0 Å². The van der Waals surface area contributed by atoms with Gasteiger partial charge in [-0.3, -0.25) is 13.9 Å². The van der Waals surface area contributed by atoms with Crippen LogP contribution in [0.5, 0.6) is 0 Å². The smallest absolute Gasteiger partial charge is 0.265 e. The van der Waals surface area contributed by atoms with E-state index in [1.165, 1.54) is 6.07 Å². The quantitative estimate of drug-likeness (QED) is 0.828. The molecule has 0 aliphatic carbocycles. The summed E-state index contributed by atoms with van der Waals surface area (Å²) >= 11 is 0. The number of anilines is 1. The van der Waals surface area contributed by atoms with E-state index in [4.69, 9.17) is 0 Å². The van der Waals surface area contributed by atoms with Gasteiger partial charge in [0.1, 0.15) is 6.54 Å². The van der Waals surface area contributed by atoms with Crippen molar-refractivity contribution >= 4 is 38.3 Å². The van der Waals surface area contributed by atoms with Gasteiger partial charge in [0, 0.05) is 11.9 Å². The Balaban J connectivity index is 1.84. The van der Waals surface area contributed by atoms with Crippen LogP contribution in [0.3, 0.4) is 0 Å². The molecular weight excluding hydrogens is 330 g/mol. The number of carbonyl (C=O) groups is 2. The fraction of sp³-hybridized carbons (Fsp3) is 0.250. The third-order valence-electron chi connectivity index (χ3n) is 3.79.